The van der Waals surface area contributed by atoms with E-state index in [4.69, 9.17) is 5.11 Å². The first kappa shape index (κ1) is 10.4. The van der Waals surface area contributed by atoms with Gasteiger partial charge in [-0.3, -0.25) is 0 Å². The van der Waals surface area contributed by atoms with Crippen LogP contribution in [-0.4, -0.2) is 32.5 Å². The van der Waals surface area contributed by atoms with E-state index in [1.54, 1.807) is 0 Å². The van der Waals surface area contributed by atoms with Crippen molar-refractivity contribution in [3.05, 3.63) is 0 Å². The maximum Gasteiger partial charge on any atom is 0.187 e. The van der Waals surface area contributed by atoms with Crippen LogP contribution >= 0.6 is 0 Å². The molecule has 0 aromatic rings. The predicted molar refractivity (Wildman–Crippen MR) is 22.6 cm³/mol. The van der Waals surface area contributed by atoms with Gasteiger partial charge in [-0.05, 0) is 0 Å². The van der Waals surface area contributed by atoms with E-state index in [2.05, 4.69) is 0 Å². The number of carboxylic acids is 1. The Hall–Kier alpha value is 0.387. The molecule has 0 bridgehead atoms. The summed E-state index contributed by atoms with van der Waals surface area (Å²) in [4.78, 5) is 18.9. The Balaban J connectivity index is 0. The van der Waals surface area contributed by atoms with Crippen LogP contribution in [0, 0.1) is 0 Å². The van der Waals surface area contributed by atoms with Crippen LogP contribution in [0.2, 0.25) is 0 Å². The molecule has 0 saturated carbocycles. The summed E-state index contributed by atoms with van der Waals surface area (Å²) in [6.07, 6.45) is 0. The summed E-state index contributed by atoms with van der Waals surface area (Å²) in [5.74, 6) is -1.38. The molecule has 0 heterocycles. The van der Waals surface area contributed by atoms with Crippen molar-refractivity contribution in [1.29, 1.82) is 0 Å². The van der Waals surface area contributed by atoms with E-state index in [1.807, 2.05) is 0 Å². The van der Waals surface area contributed by atoms with Crippen LogP contribution in [0.4, 0.5) is 0 Å². The Morgan fingerprint density at radius 1 is 1.43 bits per heavy atom. The van der Waals surface area contributed by atoms with Crippen molar-refractivity contribution in [2.45, 2.75) is 0 Å². The number of carbonyl (C=O) groups is 2. The van der Waals surface area contributed by atoms with Gasteiger partial charge in [-0.25, -0.2) is 0 Å². The number of hydrogen-bond donors (Lipinski definition) is 1. The third-order valence-corrected chi connectivity index (χ3v) is 0.528. The molecule has 3 nitrogen and oxygen atoms in total. The Labute approximate surface area is 62.6 Å². The second kappa shape index (κ2) is 4.54. The molecule has 0 fully saturated rings. The zero-order chi connectivity index (χ0) is 5.15. The molecule has 0 aromatic carbocycles. The summed E-state index contributed by atoms with van der Waals surface area (Å²) in [5, 5.41) is 7.64. The van der Waals surface area contributed by atoms with Gasteiger partial charge < -0.3 is 0 Å². The minimum atomic E-state index is -1.38. The standard InChI is InChI=1S/C2HO3.Al.Ti.3H/c3-1-2(4)5;;;;;/h(H,4,5);;;;;. The summed E-state index contributed by atoms with van der Waals surface area (Å²) in [6, 6.07) is 0. The van der Waals surface area contributed by atoms with Gasteiger partial charge in [0.2, 0.25) is 0 Å². The van der Waals surface area contributed by atoms with Crippen LogP contribution < -0.4 is 0 Å². The summed E-state index contributed by atoms with van der Waals surface area (Å²) >= 11 is 1.00. The van der Waals surface area contributed by atoms with Crippen LogP contribution in [0.25, 0.3) is 0 Å². The van der Waals surface area contributed by atoms with Crippen molar-refractivity contribution in [1.82, 2.24) is 0 Å². The number of carbonyl (C=O) groups excluding carboxylic acids is 1. The zero-order valence-electron chi connectivity index (χ0n) is 2.76. The van der Waals surface area contributed by atoms with E-state index in [0.717, 1.165) is 20.4 Å². The fourth-order valence-corrected chi connectivity index (χ4v) is 0. The van der Waals surface area contributed by atoms with Crippen molar-refractivity contribution in [3.8, 4) is 0 Å². The summed E-state index contributed by atoms with van der Waals surface area (Å²) in [5.41, 5.74) is 0. The fraction of sp³-hybridized carbons (Fsp3) is 0. The minimum Gasteiger partial charge on any atom is 0.187 e. The predicted octanol–water partition coefficient (Wildman–Crippen LogP) is -2.04. The average Bonchev–Trinajstić information content (AvgIpc) is 1.36. The van der Waals surface area contributed by atoms with Gasteiger partial charge in [-0.15, -0.1) is 0 Å². The van der Waals surface area contributed by atoms with Crippen molar-refractivity contribution < 1.29 is 35.1 Å². The second-order valence-corrected chi connectivity index (χ2v) is 1.34. The zero-order valence-corrected chi connectivity index (χ0v) is 4.33. The van der Waals surface area contributed by atoms with Gasteiger partial charge in [-0.1, -0.05) is 0 Å². The van der Waals surface area contributed by atoms with Crippen molar-refractivity contribution >= 4 is 27.4 Å². The van der Waals surface area contributed by atoms with Crippen LogP contribution in [0.1, 0.15) is 0 Å². The Bertz CT molecular complexity index is 78.9. The first-order valence-corrected chi connectivity index (χ1v) is 1.91. The second-order valence-electron chi connectivity index (χ2n) is 0.634. The molecule has 0 unspecified atom stereocenters. The van der Waals surface area contributed by atoms with Crippen molar-refractivity contribution in [2.24, 2.45) is 0 Å². The SMILES string of the molecule is O=C(O)[C](=O)[Ti].[AlH3]. The van der Waals surface area contributed by atoms with Crippen LogP contribution in [0.5, 0.6) is 0 Å². The number of carboxylic acid groups (broad SMARTS) is 1. The van der Waals surface area contributed by atoms with E-state index in [0.29, 0.717) is 0 Å². The van der Waals surface area contributed by atoms with E-state index in [9.17, 15) is 9.59 Å². The molecule has 0 aliphatic heterocycles. The summed E-state index contributed by atoms with van der Waals surface area (Å²) < 4.78 is -0.824. The fourth-order valence-electron chi connectivity index (χ4n) is 0. The van der Waals surface area contributed by atoms with Crippen LogP contribution in [0.15, 0.2) is 0 Å². The normalized spacial score (nSPS) is 6.14. The van der Waals surface area contributed by atoms with Gasteiger partial charge in [0.1, 0.15) is 0 Å². The molecule has 0 amide bonds. The van der Waals surface area contributed by atoms with Crippen LogP contribution in [-0.2, 0) is 30.0 Å². The molecule has 37 valence electrons. The third-order valence-electron chi connectivity index (χ3n) is 0.194. The summed E-state index contributed by atoms with van der Waals surface area (Å²) in [6.45, 7) is 0. The maximum atomic E-state index is 9.54. The Morgan fingerprint density at radius 3 is 1.57 bits per heavy atom. The summed E-state index contributed by atoms with van der Waals surface area (Å²) in [7, 11) is 0. The first-order chi connectivity index (χ1) is 2.64. The topological polar surface area (TPSA) is 54.4 Å². The molecule has 0 rings (SSSR count). The molecule has 0 aromatic heterocycles. The quantitative estimate of drug-likeness (QED) is 0.347. The van der Waals surface area contributed by atoms with Gasteiger partial charge in [0.15, 0.2) is 17.4 Å². The number of hydrogen-bond acceptors (Lipinski definition) is 2. The largest absolute Gasteiger partial charge is 0.187 e. The third kappa shape index (κ3) is 6.39. The van der Waals surface area contributed by atoms with E-state index >= 15 is 0 Å². The van der Waals surface area contributed by atoms with E-state index in [-0.39, 0.29) is 17.4 Å². The Kier molecular flexibility index (Phi) is 6.74. The number of aliphatic carboxylic acids is 1. The molecular formula is C2H4AlO3Ti. The van der Waals surface area contributed by atoms with Gasteiger partial charge in [0.05, 0.1) is 0 Å². The monoisotopic (exact) mass is 151 g/mol. The average molecular weight is 151 g/mol. The maximum absolute atomic E-state index is 9.54. The molecule has 0 aliphatic carbocycles. The molecular weight excluding hydrogens is 147 g/mol. The molecule has 0 saturated heterocycles. The molecule has 0 atom stereocenters. The van der Waals surface area contributed by atoms with E-state index in [1.165, 1.54) is 0 Å². The van der Waals surface area contributed by atoms with Crippen molar-refractivity contribution in [3.63, 3.8) is 0 Å². The van der Waals surface area contributed by atoms with Gasteiger partial charge in [-0.2, -0.15) is 0 Å². The molecule has 5 heteroatoms. The molecule has 0 aliphatic rings. The van der Waals surface area contributed by atoms with Gasteiger partial charge in [0.25, 0.3) is 0 Å². The smallest absolute Gasteiger partial charge is 0.187 e. The van der Waals surface area contributed by atoms with Gasteiger partial charge in [0, 0.05) is 0 Å². The van der Waals surface area contributed by atoms with Crippen molar-refractivity contribution in [2.75, 3.05) is 0 Å². The van der Waals surface area contributed by atoms with Crippen LogP contribution in [0.3, 0.4) is 0 Å². The molecule has 1 N–H and O–H groups in total. The van der Waals surface area contributed by atoms with E-state index < -0.39 is 10.1 Å². The first-order valence-electron chi connectivity index (χ1n) is 1.13. The minimum absolute atomic E-state index is 0. The number of rotatable bonds is 1. The molecule has 7 heavy (non-hydrogen) atoms. The Morgan fingerprint density at radius 2 is 1.57 bits per heavy atom. The molecule has 0 spiro atoms. The molecule has 0 radical (unpaired) electrons. The van der Waals surface area contributed by atoms with Gasteiger partial charge >= 0.3 is 45.2 Å².